The highest BCUT2D eigenvalue weighted by molar-refractivity contribution is 5.93. The Balaban J connectivity index is 1.73. The molecule has 0 radical (unpaired) electrons. The number of anilines is 2. The topological polar surface area (TPSA) is 58.1 Å². The van der Waals surface area contributed by atoms with E-state index in [-0.39, 0.29) is 11.3 Å². The number of nitrogens with zero attached hydrogens (tertiary/aromatic N) is 3. The first kappa shape index (κ1) is 16.4. The summed E-state index contributed by atoms with van der Waals surface area (Å²) in [5.41, 5.74) is 2.80. The summed E-state index contributed by atoms with van der Waals surface area (Å²) < 4.78 is 0. The molecule has 0 bridgehead atoms. The molecule has 5 heteroatoms. The third-order valence-electron chi connectivity index (χ3n) is 4.30. The Hall–Kier alpha value is -2.43. The van der Waals surface area contributed by atoms with E-state index in [0.717, 1.165) is 31.6 Å². The fourth-order valence-electron chi connectivity index (χ4n) is 2.83. The summed E-state index contributed by atoms with van der Waals surface area (Å²) >= 11 is 0. The van der Waals surface area contributed by atoms with Gasteiger partial charge in [0, 0.05) is 24.8 Å². The van der Waals surface area contributed by atoms with E-state index >= 15 is 0 Å². The zero-order valence-electron chi connectivity index (χ0n) is 14.5. The lowest BCUT2D eigenvalue weighted by Crippen LogP contribution is -2.28. The summed E-state index contributed by atoms with van der Waals surface area (Å²) in [4.78, 5) is 22.6. The Bertz CT molecular complexity index is 713. The van der Waals surface area contributed by atoms with Gasteiger partial charge in [-0.1, -0.05) is 32.9 Å². The van der Waals surface area contributed by atoms with E-state index in [1.165, 1.54) is 11.9 Å². The van der Waals surface area contributed by atoms with Crippen molar-refractivity contribution in [2.45, 2.75) is 39.0 Å². The van der Waals surface area contributed by atoms with Crippen molar-refractivity contribution >= 4 is 17.4 Å². The quantitative estimate of drug-likeness (QED) is 0.934. The Morgan fingerprint density at radius 3 is 2.38 bits per heavy atom. The third kappa shape index (κ3) is 3.72. The number of benzene rings is 1. The number of rotatable bonds is 3. The summed E-state index contributed by atoms with van der Waals surface area (Å²) in [5, 5.41) is 3.25. The average Bonchev–Trinajstić information content (AvgIpc) is 3.08. The summed E-state index contributed by atoms with van der Waals surface area (Å²) in [6, 6.07) is 10.0. The number of likely N-dealkylation sites (tertiary alicyclic amines) is 1. The second-order valence-corrected chi connectivity index (χ2v) is 7.24. The van der Waals surface area contributed by atoms with Gasteiger partial charge in [-0.3, -0.25) is 4.79 Å². The van der Waals surface area contributed by atoms with Crippen LogP contribution in [-0.4, -0.2) is 33.9 Å². The number of aromatic nitrogens is 2. The van der Waals surface area contributed by atoms with Crippen LogP contribution in [0.3, 0.4) is 0 Å². The largest absolute Gasteiger partial charge is 0.340 e. The van der Waals surface area contributed by atoms with Crippen LogP contribution in [0.1, 0.15) is 49.7 Å². The first-order valence-corrected chi connectivity index (χ1v) is 8.42. The van der Waals surface area contributed by atoms with Gasteiger partial charge in [-0.25, -0.2) is 9.97 Å². The minimum Gasteiger partial charge on any atom is -0.340 e. The molecule has 5 nitrogen and oxygen atoms in total. The zero-order chi connectivity index (χ0) is 17.2. The van der Waals surface area contributed by atoms with Crippen molar-refractivity contribution in [2.24, 2.45) is 0 Å². The molecule has 0 spiro atoms. The van der Waals surface area contributed by atoms with Gasteiger partial charge in [0.25, 0.3) is 5.91 Å². The van der Waals surface area contributed by atoms with E-state index in [1.807, 2.05) is 17.0 Å². The molecule has 24 heavy (non-hydrogen) atoms. The Morgan fingerprint density at radius 1 is 1.08 bits per heavy atom. The van der Waals surface area contributed by atoms with Crippen LogP contribution in [-0.2, 0) is 5.41 Å². The van der Waals surface area contributed by atoms with Crippen LogP contribution >= 0.6 is 0 Å². The Morgan fingerprint density at radius 2 is 1.75 bits per heavy atom. The number of hydrogen-bond acceptors (Lipinski definition) is 4. The molecular formula is C19H24N4O. The predicted molar refractivity (Wildman–Crippen MR) is 95.6 cm³/mol. The summed E-state index contributed by atoms with van der Waals surface area (Å²) in [6.07, 6.45) is 3.58. The van der Waals surface area contributed by atoms with Crippen LogP contribution < -0.4 is 5.32 Å². The monoisotopic (exact) mass is 324 g/mol. The van der Waals surface area contributed by atoms with Gasteiger partial charge < -0.3 is 10.2 Å². The fourth-order valence-corrected chi connectivity index (χ4v) is 2.83. The minimum atomic E-state index is -0.0129. The normalized spacial score (nSPS) is 14.7. The van der Waals surface area contributed by atoms with E-state index in [4.69, 9.17) is 0 Å². The maximum absolute atomic E-state index is 12.4. The van der Waals surface area contributed by atoms with Gasteiger partial charge in [-0.15, -0.1) is 0 Å². The molecule has 1 aromatic heterocycles. The molecule has 3 rings (SSSR count). The molecule has 0 saturated carbocycles. The third-order valence-corrected chi connectivity index (χ3v) is 4.30. The molecule has 0 atom stereocenters. The van der Waals surface area contributed by atoms with Gasteiger partial charge >= 0.3 is 0 Å². The summed E-state index contributed by atoms with van der Waals surface area (Å²) in [6.45, 7) is 8.21. The number of carbonyl (C=O) groups is 1. The minimum absolute atomic E-state index is 0.0129. The standard InChI is InChI=1S/C19H24N4O/c1-19(2,3)14-6-8-15(9-7-14)22-17-12-16(20-13-21-17)18(24)23-10-4-5-11-23/h6-9,12-13H,4-5,10-11H2,1-3H3,(H,20,21,22). The lowest BCUT2D eigenvalue weighted by molar-refractivity contribution is 0.0787. The molecule has 0 unspecified atom stereocenters. The molecule has 2 aromatic rings. The van der Waals surface area contributed by atoms with E-state index in [2.05, 4.69) is 48.2 Å². The Labute approximate surface area is 143 Å². The molecule has 1 aliphatic rings. The zero-order valence-corrected chi connectivity index (χ0v) is 14.5. The highest BCUT2D eigenvalue weighted by atomic mass is 16.2. The van der Waals surface area contributed by atoms with E-state index < -0.39 is 0 Å². The van der Waals surface area contributed by atoms with Gasteiger partial charge in [0.15, 0.2) is 0 Å². The molecule has 126 valence electrons. The molecule has 1 aliphatic heterocycles. The van der Waals surface area contributed by atoms with E-state index in [9.17, 15) is 4.79 Å². The first-order chi connectivity index (χ1) is 11.4. The SMILES string of the molecule is CC(C)(C)c1ccc(Nc2cc(C(=O)N3CCCC3)ncn2)cc1. The molecule has 1 amide bonds. The van der Waals surface area contributed by atoms with Crippen molar-refractivity contribution in [3.8, 4) is 0 Å². The average molecular weight is 324 g/mol. The number of carbonyl (C=O) groups excluding carboxylic acids is 1. The maximum atomic E-state index is 12.4. The number of hydrogen-bond donors (Lipinski definition) is 1. The lowest BCUT2D eigenvalue weighted by Gasteiger charge is -2.19. The first-order valence-electron chi connectivity index (χ1n) is 8.42. The van der Waals surface area contributed by atoms with Crippen molar-refractivity contribution in [3.05, 3.63) is 47.9 Å². The molecule has 1 fully saturated rings. The van der Waals surface area contributed by atoms with Crippen molar-refractivity contribution in [2.75, 3.05) is 18.4 Å². The number of amides is 1. The van der Waals surface area contributed by atoms with Crippen molar-refractivity contribution in [1.29, 1.82) is 0 Å². The maximum Gasteiger partial charge on any atom is 0.272 e. The molecular weight excluding hydrogens is 300 g/mol. The van der Waals surface area contributed by atoms with E-state index in [0.29, 0.717) is 11.5 Å². The predicted octanol–water partition coefficient (Wildman–Crippen LogP) is 3.75. The smallest absolute Gasteiger partial charge is 0.272 e. The van der Waals surface area contributed by atoms with Gasteiger partial charge in [-0.05, 0) is 36.0 Å². The van der Waals surface area contributed by atoms with Crippen molar-refractivity contribution in [1.82, 2.24) is 14.9 Å². The molecule has 1 aromatic carbocycles. The summed E-state index contributed by atoms with van der Waals surface area (Å²) in [5.74, 6) is 0.622. The lowest BCUT2D eigenvalue weighted by atomic mass is 9.87. The highest BCUT2D eigenvalue weighted by Gasteiger charge is 2.21. The van der Waals surface area contributed by atoms with Crippen molar-refractivity contribution < 1.29 is 4.79 Å². The van der Waals surface area contributed by atoms with E-state index in [1.54, 1.807) is 6.07 Å². The molecule has 2 heterocycles. The van der Waals surface area contributed by atoms with Crippen LogP contribution in [0.2, 0.25) is 0 Å². The second-order valence-electron chi connectivity index (χ2n) is 7.24. The highest BCUT2D eigenvalue weighted by Crippen LogP contribution is 2.24. The van der Waals surface area contributed by atoms with Crippen molar-refractivity contribution in [3.63, 3.8) is 0 Å². The van der Waals surface area contributed by atoms with Gasteiger partial charge in [0.2, 0.25) is 0 Å². The van der Waals surface area contributed by atoms with Crippen LogP contribution in [0.4, 0.5) is 11.5 Å². The summed E-state index contributed by atoms with van der Waals surface area (Å²) in [7, 11) is 0. The second kappa shape index (κ2) is 6.59. The van der Waals surface area contributed by atoms with Crippen LogP contribution in [0.5, 0.6) is 0 Å². The molecule has 1 N–H and O–H groups in total. The van der Waals surface area contributed by atoms with Gasteiger partial charge in [0.05, 0.1) is 0 Å². The fraction of sp³-hybridized carbons (Fsp3) is 0.421. The van der Waals surface area contributed by atoms with Crippen LogP contribution in [0.15, 0.2) is 36.7 Å². The van der Waals surface area contributed by atoms with Gasteiger partial charge in [0.1, 0.15) is 17.8 Å². The van der Waals surface area contributed by atoms with Gasteiger partial charge in [-0.2, -0.15) is 0 Å². The molecule has 0 aliphatic carbocycles. The van der Waals surface area contributed by atoms with Crippen LogP contribution in [0.25, 0.3) is 0 Å². The Kier molecular flexibility index (Phi) is 4.51. The molecule has 1 saturated heterocycles. The van der Waals surface area contributed by atoms with Crippen LogP contribution in [0, 0.1) is 0 Å². The number of nitrogens with one attached hydrogen (secondary N) is 1.